The lowest BCUT2D eigenvalue weighted by atomic mass is 10.1. The molecule has 2 atom stereocenters. The molecule has 0 bridgehead atoms. The Labute approximate surface area is 334 Å². The standard InChI is InChI=1S/C22H21N3O6.C21H23N3O3/c1-13(19-24-12-17(25-19)15-6-4-3-5-7-15)23-11-14-8-9-18(30-2)16(10-14)21(28)31-22(29)20(26)27;1-14(20-23-13-18(24-20)16-7-5-4-6-8-16)22-12-15-9-10-19(26-2)17(11-15)21(25)27-3/h3-10,12-13,23H,11H2,1-2H3,(H,24,25)(H,26,27);4-11,13-14,22H,12H2,1-3H3,(H,23,24)/t13-;14-/m00/s1. The summed E-state index contributed by atoms with van der Waals surface area (Å²) in [5.74, 6) is -2.76. The summed E-state index contributed by atoms with van der Waals surface area (Å²) < 4.78 is 19.5. The number of carbonyl (C=O) groups is 4. The lowest BCUT2D eigenvalue weighted by molar-refractivity contribution is -0.160. The fourth-order valence-corrected chi connectivity index (χ4v) is 5.72. The zero-order valence-corrected chi connectivity index (χ0v) is 32.6. The molecule has 0 fully saturated rings. The summed E-state index contributed by atoms with van der Waals surface area (Å²) >= 11 is 0. The number of methoxy groups -OCH3 is 3. The van der Waals surface area contributed by atoms with Gasteiger partial charge in [0.2, 0.25) is 0 Å². The first kappa shape index (κ1) is 42.1. The summed E-state index contributed by atoms with van der Waals surface area (Å²) in [5.41, 5.74) is 6.04. The molecule has 0 aliphatic rings. The molecule has 0 aliphatic carbocycles. The van der Waals surface area contributed by atoms with Crippen molar-refractivity contribution in [3.8, 4) is 34.0 Å². The van der Waals surface area contributed by atoms with Crippen molar-refractivity contribution >= 4 is 23.9 Å². The van der Waals surface area contributed by atoms with Crippen molar-refractivity contribution in [2.45, 2.75) is 39.0 Å². The number of nitrogens with one attached hydrogen (secondary N) is 4. The maximum absolute atomic E-state index is 12.2. The number of rotatable bonds is 14. The van der Waals surface area contributed by atoms with Crippen molar-refractivity contribution in [2.75, 3.05) is 21.3 Å². The molecule has 15 nitrogen and oxygen atoms in total. The SMILES string of the molecule is COC(=O)c1cc(CN[C@@H](C)c2ncc(-c3ccccc3)[nH]2)ccc1OC.COc1ccc(CN[C@@H](C)c2ncc(-c3ccccc3)[nH]2)cc1C(=O)OC(=O)C(=O)O. The smallest absolute Gasteiger partial charge is 0.425 e. The van der Waals surface area contributed by atoms with Crippen molar-refractivity contribution in [1.82, 2.24) is 30.6 Å². The van der Waals surface area contributed by atoms with Crippen LogP contribution in [0.1, 0.15) is 69.4 Å². The molecule has 2 heterocycles. The Kier molecular flexibility index (Phi) is 14.6. The van der Waals surface area contributed by atoms with Crippen LogP contribution in [0.25, 0.3) is 22.5 Å². The fraction of sp³-hybridized carbons (Fsp3) is 0.209. The van der Waals surface area contributed by atoms with Crippen molar-refractivity contribution in [3.63, 3.8) is 0 Å². The van der Waals surface area contributed by atoms with Crippen molar-refractivity contribution < 1.29 is 43.2 Å². The number of ether oxygens (including phenoxy) is 4. The number of carboxylic acid groups (broad SMARTS) is 1. The third kappa shape index (κ3) is 11.0. The van der Waals surface area contributed by atoms with Gasteiger partial charge in [0.25, 0.3) is 0 Å². The van der Waals surface area contributed by atoms with Gasteiger partial charge in [-0.05, 0) is 60.4 Å². The van der Waals surface area contributed by atoms with Gasteiger partial charge in [-0.3, -0.25) is 0 Å². The molecule has 2 aromatic heterocycles. The van der Waals surface area contributed by atoms with Crippen LogP contribution < -0.4 is 20.1 Å². The molecule has 0 unspecified atom stereocenters. The summed E-state index contributed by atoms with van der Waals surface area (Å²) in [5, 5.41) is 15.3. The largest absolute Gasteiger partial charge is 0.496 e. The number of aromatic amines is 2. The van der Waals surface area contributed by atoms with Gasteiger partial charge in [0, 0.05) is 13.1 Å². The van der Waals surface area contributed by atoms with E-state index in [1.54, 1.807) is 30.5 Å². The van der Waals surface area contributed by atoms with E-state index in [0.717, 1.165) is 39.7 Å². The van der Waals surface area contributed by atoms with Gasteiger partial charge in [0.05, 0.1) is 57.2 Å². The number of imidazole rings is 2. The van der Waals surface area contributed by atoms with Crippen molar-refractivity contribution in [3.05, 3.63) is 143 Å². The number of hydrogen-bond donors (Lipinski definition) is 5. The van der Waals surface area contributed by atoms with E-state index in [2.05, 4.69) is 35.3 Å². The van der Waals surface area contributed by atoms with E-state index in [1.807, 2.05) is 86.8 Å². The predicted molar refractivity (Wildman–Crippen MR) is 214 cm³/mol. The van der Waals surface area contributed by atoms with Crippen LogP contribution in [0.4, 0.5) is 0 Å². The number of hydrogen-bond acceptors (Lipinski definition) is 12. The Bertz CT molecular complexity index is 2330. The first-order valence-electron chi connectivity index (χ1n) is 18.1. The zero-order chi connectivity index (χ0) is 41.6. The molecule has 6 rings (SSSR count). The van der Waals surface area contributed by atoms with Gasteiger partial charge in [-0.25, -0.2) is 29.1 Å². The summed E-state index contributed by atoms with van der Waals surface area (Å²) in [4.78, 5) is 61.4. The number of benzene rings is 4. The predicted octanol–water partition coefficient (Wildman–Crippen LogP) is 6.43. The first-order chi connectivity index (χ1) is 28.0. The van der Waals surface area contributed by atoms with Crippen LogP contribution in [0.3, 0.4) is 0 Å². The molecule has 6 aromatic rings. The molecule has 15 heteroatoms. The molecule has 0 saturated carbocycles. The van der Waals surface area contributed by atoms with E-state index in [0.29, 0.717) is 30.0 Å². The Balaban J connectivity index is 0.000000223. The van der Waals surface area contributed by atoms with E-state index < -0.39 is 23.9 Å². The second-order valence-electron chi connectivity index (χ2n) is 12.8. The van der Waals surface area contributed by atoms with E-state index >= 15 is 0 Å². The average molecular weight is 789 g/mol. The molecule has 0 saturated heterocycles. The second-order valence-corrected chi connectivity index (χ2v) is 12.8. The van der Waals surface area contributed by atoms with Gasteiger partial charge in [0.15, 0.2) is 0 Å². The number of nitrogens with zero attached hydrogens (tertiary/aromatic N) is 2. The molecular formula is C43H44N6O9. The number of aromatic nitrogens is 4. The second kappa shape index (κ2) is 20.2. The highest BCUT2D eigenvalue weighted by Crippen LogP contribution is 2.24. The molecule has 300 valence electrons. The quantitative estimate of drug-likeness (QED) is 0.0459. The highest BCUT2D eigenvalue weighted by Gasteiger charge is 2.23. The summed E-state index contributed by atoms with van der Waals surface area (Å²) in [7, 11) is 4.24. The Morgan fingerprint density at radius 3 is 1.47 bits per heavy atom. The minimum Gasteiger partial charge on any atom is -0.496 e. The van der Waals surface area contributed by atoms with E-state index in [-0.39, 0.29) is 23.4 Å². The third-order valence-corrected chi connectivity index (χ3v) is 8.92. The van der Waals surface area contributed by atoms with Crippen LogP contribution >= 0.6 is 0 Å². The summed E-state index contributed by atoms with van der Waals surface area (Å²) in [6.45, 7) is 4.94. The molecule has 5 N–H and O–H groups in total. The third-order valence-electron chi connectivity index (χ3n) is 8.92. The van der Waals surface area contributed by atoms with E-state index in [9.17, 15) is 19.2 Å². The van der Waals surface area contributed by atoms with Gasteiger partial charge in [-0.2, -0.15) is 0 Å². The summed E-state index contributed by atoms with van der Waals surface area (Å²) in [6.07, 6.45) is 3.61. The lowest BCUT2D eigenvalue weighted by Gasteiger charge is -2.13. The molecule has 4 aromatic carbocycles. The first-order valence-corrected chi connectivity index (χ1v) is 18.1. The molecule has 0 spiro atoms. The topological polar surface area (TPSA) is 207 Å². The number of carboxylic acids is 1. The van der Waals surface area contributed by atoms with Crippen LogP contribution in [-0.2, 0) is 32.2 Å². The average Bonchev–Trinajstić information content (AvgIpc) is 3.97. The van der Waals surface area contributed by atoms with Crippen LogP contribution in [-0.4, -0.2) is 70.2 Å². The van der Waals surface area contributed by atoms with Gasteiger partial charge in [-0.15, -0.1) is 0 Å². The van der Waals surface area contributed by atoms with Crippen molar-refractivity contribution in [1.29, 1.82) is 0 Å². The lowest BCUT2D eigenvalue weighted by Crippen LogP contribution is -2.22. The number of carbonyl (C=O) groups excluding carboxylic acids is 3. The van der Waals surface area contributed by atoms with Gasteiger partial charge < -0.3 is 44.7 Å². The van der Waals surface area contributed by atoms with Gasteiger partial charge in [-0.1, -0.05) is 72.8 Å². The maximum Gasteiger partial charge on any atom is 0.425 e. The van der Waals surface area contributed by atoms with Crippen LogP contribution in [0.5, 0.6) is 11.5 Å². The van der Waals surface area contributed by atoms with Crippen LogP contribution in [0.2, 0.25) is 0 Å². The van der Waals surface area contributed by atoms with Gasteiger partial charge >= 0.3 is 23.9 Å². The van der Waals surface area contributed by atoms with Crippen LogP contribution in [0, 0.1) is 0 Å². The normalized spacial score (nSPS) is 11.7. The number of H-pyrrole nitrogens is 2. The molecular weight excluding hydrogens is 745 g/mol. The highest BCUT2D eigenvalue weighted by molar-refractivity contribution is 6.31. The molecule has 0 aliphatic heterocycles. The fourth-order valence-electron chi connectivity index (χ4n) is 5.72. The maximum atomic E-state index is 12.2. The monoisotopic (exact) mass is 788 g/mol. The van der Waals surface area contributed by atoms with E-state index in [4.69, 9.17) is 19.3 Å². The van der Waals surface area contributed by atoms with Crippen molar-refractivity contribution in [2.24, 2.45) is 0 Å². The molecule has 58 heavy (non-hydrogen) atoms. The number of aliphatic carboxylic acids is 1. The van der Waals surface area contributed by atoms with E-state index in [1.165, 1.54) is 27.4 Å². The van der Waals surface area contributed by atoms with Crippen LogP contribution in [0.15, 0.2) is 109 Å². The molecule has 0 radical (unpaired) electrons. The Morgan fingerprint density at radius 2 is 1.07 bits per heavy atom. The summed E-state index contributed by atoms with van der Waals surface area (Å²) in [6, 6.07) is 30.0. The zero-order valence-electron chi connectivity index (χ0n) is 32.6. The van der Waals surface area contributed by atoms with Gasteiger partial charge in [0.1, 0.15) is 34.3 Å². The Hall–Kier alpha value is -7.10. The number of esters is 3. The highest BCUT2D eigenvalue weighted by atomic mass is 16.6. The Morgan fingerprint density at radius 1 is 0.638 bits per heavy atom. The minimum absolute atomic E-state index is 0.0196. The minimum atomic E-state index is -1.85. The molecule has 0 amide bonds.